The van der Waals surface area contributed by atoms with Crippen molar-refractivity contribution in [1.29, 1.82) is 0 Å². The van der Waals surface area contributed by atoms with Crippen LogP contribution in [0.4, 0.5) is 5.69 Å². The largest absolute Gasteiger partial charge is 0.350 e. The summed E-state index contributed by atoms with van der Waals surface area (Å²) in [5, 5.41) is 6.70. The number of carbonyl (C=O) groups excluding carboxylic acids is 2. The van der Waals surface area contributed by atoms with Gasteiger partial charge in [0.15, 0.2) is 0 Å². The molecule has 7 nitrogen and oxygen atoms in total. The molecule has 2 aromatic rings. The van der Waals surface area contributed by atoms with Gasteiger partial charge in [0, 0.05) is 22.1 Å². The molecule has 1 aliphatic heterocycles. The Labute approximate surface area is 176 Å². The van der Waals surface area contributed by atoms with Gasteiger partial charge in [-0.25, -0.2) is 0 Å². The molecule has 1 aliphatic rings. The maximum absolute atomic E-state index is 13.3. The molecule has 156 valence electrons. The molecule has 0 aliphatic carbocycles. The molecular formula is C23H27N5O2. The third-order valence-corrected chi connectivity index (χ3v) is 5.07. The quantitative estimate of drug-likeness (QED) is 0.461. The van der Waals surface area contributed by atoms with E-state index in [0.717, 1.165) is 16.7 Å². The monoisotopic (exact) mass is 405 g/mol. The summed E-state index contributed by atoms with van der Waals surface area (Å²) in [5.74, 6) is -0.753. The second kappa shape index (κ2) is 8.59. The molecule has 0 unspecified atom stereocenters. The van der Waals surface area contributed by atoms with E-state index in [1.165, 1.54) is 4.90 Å². The lowest BCUT2D eigenvalue weighted by Gasteiger charge is -2.27. The number of rotatable bonds is 4. The summed E-state index contributed by atoms with van der Waals surface area (Å²) in [6, 6.07) is 14.8. The fourth-order valence-electron chi connectivity index (χ4n) is 3.87. The lowest BCUT2D eigenvalue weighted by Crippen LogP contribution is -2.49. The number of amides is 2. The Morgan fingerprint density at radius 3 is 2.57 bits per heavy atom. The zero-order valence-corrected chi connectivity index (χ0v) is 17.8. The summed E-state index contributed by atoms with van der Waals surface area (Å²) >= 11 is 0. The lowest BCUT2D eigenvalue weighted by atomic mass is 9.85. The van der Waals surface area contributed by atoms with Crippen molar-refractivity contribution in [3.63, 3.8) is 0 Å². The molecule has 0 radical (unpaired) electrons. The van der Waals surface area contributed by atoms with Gasteiger partial charge in [-0.15, -0.1) is 0 Å². The first-order chi connectivity index (χ1) is 14.2. The van der Waals surface area contributed by atoms with Gasteiger partial charge in [-0.2, -0.15) is 0 Å². The zero-order chi connectivity index (χ0) is 21.9. The zero-order valence-electron chi connectivity index (χ0n) is 17.8. The van der Waals surface area contributed by atoms with Crippen molar-refractivity contribution < 1.29 is 9.59 Å². The third kappa shape index (κ3) is 4.81. The van der Waals surface area contributed by atoms with Gasteiger partial charge in [-0.1, -0.05) is 53.1 Å². The van der Waals surface area contributed by atoms with Crippen molar-refractivity contribution in [1.82, 2.24) is 5.32 Å². The van der Waals surface area contributed by atoms with E-state index in [2.05, 4.69) is 15.3 Å². The van der Waals surface area contributed by atoms with Crippen molar-refractivity contribution >= 4 is 17.5 Å². The van der Waals surface area contributed by atoms with Crippen LogP contribution in [0.3, 0.4) is 0 Å². The number of hydrogen-bond donors (Lipinski definition) is 1. The molecule has 0 spiro atoms. The Morgan fingerprint density at radius 1 is 1.23 bits per heavy atom. The van der Waals surface area contributed by atoms with Crippen LogP contribution in [0, 0.1) is 6.92 Å². The maximum Gasteiger partial charge on any atom is 0.240 e. The predicted molar refractivity (Wildman–Crippen MR) is 117 cm³/mol. The summed E-state index contributed by atoms with van der Waals surface area (Å²) in [5.41, 5.74) is 12.4. The van der Waals surface area contributed by atoms with Gasteiger partial charge in [-0.05, 0) is 56.8 Å². The van der Waals surface area contributed by atoms with Crippen molar-refractivity contribution in [3.8, 4) is 0 Å². The Kier molecular flexibility index (Phi) is 6.13. The van der Waals surface area contributed by atoms with Crippen LogP contribution in [0.2, 0.25) is 0 Å². The van der Waals surface area contributed by atoms with Crippen LogP contribution >= 0.6 is 0 Å². The van der Waals surface area contributed by atoms with Crippen LogP contribution in [0.1, 0.15) is 49.8 Å². The highest BCUT2D eigenvalue weighted by atomic mass is 16.2. The summed E-state index contributed by atoms with van der Waals surface area (Å²) in [6.07, 6.45) is 0.348. The van der Waals surface area contributed by atoms with Gasteiger partial charge < -0.3 is 10.2 Å². The predicted octanol–water partition coefficient (Wildman–Crippen LogP) is 4.46. The molecule has 7 heteroatoms. The average molecular weight is 406 g/mol. The number of aryl methyl sites for hydroxylation is 1. The van der Waals surface area contributed by atoms with E-state index in [1.54, 1.807) is 0 Å². The normalized spacial score (nSPS) is 18.8. The fourth-order valence-corrected chi connectivity index (χ4v) is 3.87. The third-order valence-electron chi connectivity index (χ3n) is 5.07. The van der Waals surface area contributed by atoms with Gasteiger partial charge in [0.1, 0.15) is 12.6 Å². The first-order valence-electron chi connectivity index (χ1n) is 10.0. The highest BCUT2D eigenvalue weighted by molar-refractivity contribution is 6.03. The number of hydrogen-bond acceptors (Lipinski definition) is 3. The van der Waals surface area contributed by atoms with Gasteiger partial charge in [-0.3, -0.25) is 9.59 Å². The summed E-state index contributed by atoms with van der Waals surface area (Å²) in [6.45, 7) is 7.53. The molecular weight excluding hydrogens is 378 g/mol. The maximum atomic E-state index is 13.3. The van der Waals surface area contributed by atoms with Crippen LogP contribution in [0.25, 0.3) is 10.4 Å². The SMILES string of the molecule is Cc1ccc2c(c1)[C@@H](c1ccccc1)C[C@@H](N=[N+]=[N-])C(=O)N2CC(=O)NC(C)(C)C. The average Bonchev–Trinajstić information content (AvgIpc) is 2.78. The van der Waals surface area contributed by atoms with E-state index in [0.29, 0.717) is 12.1 Å². The van der Waals surface area contributed by atoms with E-state index < -0.39 is 11.6 Å². The van der Waals surface area contributed by atoms with Crippen LogP contribution in [0.15, 0.2) is 53.6 Å². The topological polar surface area (TPSA) is 98.2 Å². The van der Waals surface area contributed by atoms with E-state index in [9.17, 15) is 9.59 Å². The molecule has 2 amide bonds. The minimum absolute atomic E-state index is 0.128. The number of nitrogens with one attached hydrogen (secondary N) is 1. The molecule has 0 saturated carbocycles. The second-order valence-electron chi connectivity index (χ2n) is 8.70. The first kappa shape index (κ1) is 21.4. The molecule has 2 aromatic carbocycles. The minimum atomic E-state index is -0.893. The molecule has 1 heterocycles. The lowest BCUT2D eigenvalue weighted by molar-refractivity contribution is -0.125. The number of fused-ring (bicyclic) bond motifs is 1. The number of nitrogens with zero attached hydrogens (tertiary/aromatic N) is 4. The van der Waals surface area contributed by atoms with Gasteiger partial charge in [0.05, 0.1) is 0 Å². The molecule has 0 aromatic heterocycles. The van der Waals surface area contributed by atoms with Gasteiger partial charge in [0.2, 0.25) is 11.8 Å². The second-order valence-corrected chi connectivity index (χ2v) is 8.70. The van der Waals surface area contributed by atoms with E-state index in [-0.39, 0.29) is 24.3 Å². The van der Waals surface area contributed by atoms with E-state index in [1.807, 2.05) is 76.2 Å². The van der Waals surface area contributed by atoms with Gasteiger partial charge in [0.25, 0.3) is 0 Å². The van der Waals surface area contributed by atoms with Crippen molar-refractivity contribution in [2.75, 3.05) is 11.4 Å². The first-order valence-corrected chi connectivity index (χ1v) is 10.0. The Bertz CT molecular complexity index is 990. The molecule has 30 heavy (non-hydrogen) atoms. The van der Waals surface area contributed by atoms with Crippen molar-refractivity contribution in [2.45, 2.75) is 51.6 Å². The Balaban J connectivity index is 2.12. The smallest absolute Gasteiger partial charge is 0.240 e. The van der Waals surface area contributed by atoms with E-state index >= 15 is 0 Å². The van der Waals surface area contributed by atoms with Crippen molar-refractivity contribution in [3.05, 3.63) is 75.7 Å². The number of benzene rings is 2. The molecule has 3 rings (SSSR count). The van der Waals surface area contributed by atoms with Crippen molar-refractivity contribution in [2.24, 2.45) is 5.11 Å². The highest BCUT2D eigenvalue weighted by Gasteiger charge is 2.36. The van der Waals surface area contributed by atoms with Crippen LogP contribution in [-0.4, -0.2) is 29.9 Å². The molecule has 1 N–H and O–H groups in total. The fraction of sp³-hybridized carbons (Fsp3) is 0.391. The number of carbonyl (C=O) groups is 2. The Hall–Kier alpha value is -3.31. The van der Waals surface area contributed by atoms with Gasteiger partial charge >= 0.3 is 0 Å². The molecule has 2 atom stereocenters. The van der Waals surface area contributed by atoms with Crippen LogP contribution < -0.4 is 10.2 Å². The molecule has 0 saturated heterocycles. The standard InChI is InChI=1S/C23H27N5O2/c1-15-10-11-20-18(12-15)17(16-8-6-5-7-9-16)13-19(26-27-24)22(30)28(20)14-21(29)25-23(2,3)4/h5-12,17,19H,13-14H2,1-4H3,(H,25,29)/t17-,19-/m1/s1. The number of azide groups is 1. The highest BCUT2D eigenvalue weighted by Crippen LogP contribution is 2.40. The minimum Gasteiger partial charge on any atom is -0.350 e. The van der Waals surface area contributed by atoms with E-state index in [4.69, 9.17) is 5.53 Å². The Morgan fingerprint density at radius 2 is 1.93 bits per heavy atom. The van der Waals surface area contributed by atoms with Crippen LogP contribution in [0.5, 0.6) is 0 Å². The molecule has 0 bridgehead atoms. The summed E-state index contributed by atoms with van der Waals surface area (Å²) in [4.78, 5) is 30.4. The summed E-state index contributed by atoms with van der Waals surface area (Å²) in [7, 11) is 0. The number of anilines is 1. The summed E-state index contributed by atoms with van der Waals surface area (Å²) < 4.78 is 0. The van der Waals surface area contributed by atoms with Crippen LogP contribution in [-0.2, 0) is 9.59 Å². The molecule has 0 fully saturated rings.